The largest absolute Gasteiger partial charge is 0.415 e. The van der Waals surface area contributed by atoms with Gasteiger partial charge in [0.15, 0.2) is 5.75 Å². The molecule has 1 atom stereocenters. The maximum absolute atomic E-state index is 11.7. The normalized spacial score (nSPS) is 19.4. The van der Waals surface area contributed by atoms with Crippen LogP contribution in [0, 0.1) is 12.8 Å². The van der Waals surface area contributed by atoms with Gasteiger partial charge in [-0.2, -0.15) is 0 Å². The fourth-order valence-electron chi connectivity index (χ4n) is 1.59. The summed E-state index contributed by atoms with van der Waals surface area (Å²) in [6.07, 6.45) is 0.175. The van der Waals surface area contributed by atoms with Crippen molar-refractivity contribution < 1.29 is 23.9 Å². The number of aromatic nitrogens is 1. The summed E-state index contributed by atoms with van der Waals surface area (Å²) in [5, 5.41) is 0. The number of carbonyl (C=O) groups is 3. The van der Waals surface area contributed by atoms with Gasteiger partial charge < -0.3 is 9.47 Å². The Bertz CT molecular complexity index is 537. The summed E-state index contributed by atoms with van der Waals surface area (Å²) in [6, 6.07) is 3.02. The van der Waals surface area contributed by atoms with Crippen LogP contribution in [0.3, 0.4) is 0 Å². The Morgan fingerprint density at radius 2 is 1.94 bits per heavy atom. The van der Waals surface area contributed by atoms with Crippen molar-refractivity contribution >= 4 is 17.7 Å². The summed E-state index contributed by atoms with van der Waals surface area (Å²) in [7, 11) is 0. The van der Waals surface area contributed by atoms with Gasteiger partial charge in [-0.1, -0.05) is 6.92 Å². The molecule has 1 aliphatic rings. The highest BCUT2D eigenvalue weighted by Crippen LogP contribution is 2.28. The van der Waals surface area contributed by atoms with Gasteiger partial charge in [0.25, 0.3) is 11.7 Å². The molecule has 0 amide bonds. The van der Waals surface area contributed by atoms with E-state index in [9.17, 15) is 14.4 Å². The number of esters is 2. The lowest BCUT2D eigenvalue weighted by Crippen LogP contribution is -2.37. The van der Waals surface area contributed by atoms with Gasteiger partial charge in [-0.05, 0) is 25.5 Å². The first-order valence-corrected chi connectivity index (χ1v) is 5.48. The minimum Gasteiger partial charge on any atom is -0.415 e. The Morgan fingerprint density at radius 1 is 1.22 bits per heavy atom. The maximum atomic E-state index is 11.7. The molecular formula is C12H11NO5. The van der Waals surface area contributed by atoms with E-state index in [1.54, 1.807) is 19.9 Å². The SMILES string of the molecule is CCC1C(=O)Oc2nc(C)ccc2OC(=O)C1=O. The van der Waals surface area contributed by atoms with E-state index in [1.165, 1.54) is 6.07 Å². The van der Waals surface area contributed by atoms with Gasteiger partial charge in [-0.3, -0.25) is 9.59 Å². The fourth-order valence-corrected chi connectivity index (χ4v) is 1.59. The van der Waals surface area contributed by atoms with Crippen molar-refractivity contribution in [2.75, 3.05) is 0 Å². The van der Waals surface area contributed by atoms with Crippen LogP contribution in [0.15, 0.2) is 12.1 Å². The van der Waals surface area contributed by atoms with Crippen LogP contribution in [0.25, 0.3) is 0 Å². The van der Waals surface area contributed by atoms with E-state index in [0.717, 1.165) is 0 Å². The molecule has 1 aromatic rings. The molecule has 94 valence electrons. The topological polar surface area (TPSA) is 82.6 Å². The van der Waals surface area contributed by atoms with E-state index < -0.39 is 23.6 Å². The van der Waals surface area contributed by atoms with Gasteiger partial charge in [-0.15, -0.1) is 0 Å². The highest BCUT2D eigenvalue weighted by molar-refractivity contribution is 6.38. The number of carbonyl (C=O) groups excluding carboxylic acids is 3. The van der Waals surface area contributed by atoms with Gasteiger partial charge in [0.05, 0.1) is 0 Å². The van der Waals surface area contributed by atoms with Crippen molar-refractivity contribution in [2.24, 2.45) is 5.92 Å². The molecule has 0 aliphatic carbocycles. The first-order valence-electron chi connectivity index (χ1n) is 5.48. The predicted octanol–water partition coefficient (Wildman–Crippen LogP) is 0.810. The van der Waals surface area contributed by atoms with Crippen LogP contribution in [0.2, 0.25) is 0 Å². The van der Waals surface area contributed by atoms with Crippen LogP contribution in [0.1, 0.15) is 19.0 Å². The Balaban J connectivity index is 2.46. The Kier molecular flexibility index (Phi) is 3.10. The van der Waals surface area contributed by atoms with Crippen molar-refractivity contribution in [3.63, 3.8) is 0 Å². The summed E-state index contributed by atoms with van der Waals surface area (Å²) < 4.78 is 9.85. The van der Waals surface area contributed by atoms with Crippen molar-refractivity contribution in [3.8, 4) is 11.6 Å². The van der Waals surface area contributed by atoms with Gasteiger partial charge in [-0.25, -0.2) is 9.78 Å². The zero-order valence-electron chi connectivity index (χ0n) is 9.93. The number of ketones is 1. The first-order chi connectivity index (χ1) is 8.52. The van der Waals surface area contributed by atoms with Crippen molar-refractivity contribution in [2.45, 2.75) is 20.3 Å². The summed E-state index contributed by atoms with van der Waals surface area (Å²) in [6.45, 7) is 3.32. The number of hydrogen-bond donors (Lipinski definition) is 0. The third-order valence-electron chi connectivity index (χ3n) is 2.57. The molecule has 0 fully saturated rings. The van der Waals surface area contributed by atoms with Gasteiger partial charge in [0, 0.05) is 5.69 Å². The second kappa shape index (κ2) is 4.56. The molecule has 2 heterocycles. The van der Waals surface area contributed by atoms with Crippen LogP contribution in [0.5, 0.6) is 11.6 Å². The lowest BCUT2D eigenvalue weighted by molar-refractivity contribution is -0.156. The highest BCUT2D eigenvalue weighted by atomic mass is 16.6. The average Bonchev–Trinajstić information content (AvgIpc) is 2.32. The van der Waals surface area contributed by atoms with Crippen LogP contribution < -0.4 is 9.47 Å². The smallest absolute Gasteiger partial charge is 0.381 e. The molecule has 0 spiro atoms. The number of pyridine rings is 1. The third-order valence-corrected chi connectivity index (χ3v) is 2.57. The van der Waals surface area contributed by atoms with E-state index in [0.29, 0.717) is 5.69 Å². The van der Waals surface area contributed by atoms with E-state index in [4.69, 9.17) is 9.47 Å². The summed E-state index contributed by atoms with van der Waals surface area (Å²) in [5.41, 5.74) is 0.609. The highest BCUT2D eigenvalue weighted by Gasteiger charge is 2.36. The number of ether oxygens (including phenoxy) is 2. The number of hydrogen-bond acceptors (Lipinski definition) is 6. The molecule has 0 bridgehead atoms. The number of Topliss-reactive ketones (excluding diaryl/α,β-unsaturated/α-hetero) is 1. The molecule has 18 heavy (non-hydrogen) atoms. The third kappa shape index (κ3) is 2.09. The molecule has 6 heteroatoms. The molecule has 2 rings (SSSR count). The molecule has 0 aromatic carbocycles. The predicted molar refractivity (Wildman–Crippen MR) is 59.0 cm³/mol. The first kappa shape index (κ1) is 12.2. The average molecular weight is 249 g/mol. The number of fused-ring (bicyclic) bond motifs is 1. The monoisotopic (exact) mass is 249 g/mol. The van der Waals surface area contributed by atoms with Crippen LogP contribution >= 0.6 is 0 Å². The standard InChI is InChI=1S/C12H11NO5/c1-3-7-9(14)12(16)17-8-5-4-6(2)13-10(8)18-11(7)15/h4-5,7H,3H2,1-2H3. The lowest BCUT2D eigenvalue weighted by Gasteiger charge is -2.17. The summed E-state index contributed by atoms with van der Waals surface area (Å²) in [5.74, 6) is -3.98. The van der Waals surface area contributed by atoms with E-state index in [1.807, 2.05) is 0 Å². The second-order valence-electron chi connectivity index (χ2n) is 3.89. The Hall–Kier alpha value is -2.24. The van der Waals surface area contributed by atoms with E-state index >= 15 is 0 Å². The van der Waals surface area contributed by atoms with Crippen molar-refractivity contribution in [3.05, 3.63) is 17.8 Å². The number of aryl methyl sites for hydroxylation is 1. The molecule has 1 aromatic heterocycles. The molecule has 0 saturated heterocycles. The van der Waals surface area contributed by atoms with Gasteiger partial charge >= 0.3 is 11.9 Å². The van der Waals surface area contributed by atoms with Crippen LogP contribution in [-0.2, 0) is 14.4 Å². The quantitative estimate of drug-likeness (QED) is 0.416. The van der Waals surface area contributed by atoms with Crippen LogP contribution in [-0.4, -0.2) is 22.7 Å². The second-order valence-corrected chi connectivity index (χ2v) is 3.89. The zero-order chi connectivity index (χ0) is 13.3. The minimum absolute atomic E-state index is 0.0261. The summed E-state index contributed by atoms with van der Waals surface area (Å²) in [4.78, 5) is 38.8. The summed E-state index contributed by atoms with van der Waals surface area (Å²) >= 11 is 0. The Labute approximate surface area is 103 Å². The molecule has 0 radical (unpaired) electrons. The molecule has 1 unspecified atom stereocenters. The number of rotatable bonds is 1. The van der Waals surface area contributed by atoms with Gasteiger partial charge in [0.2, 0.25) is 0 Å². The molecule has 1 aliphatic heterocycles. The van der Waals surface area contributed by atoms with E-state index in [-0.39, 0.29) is 18.1 Å². The molecule has 6 nitrogen and oxygen atoms in total. The van der Waals surface area contributed by atoms with E-state index in [2.05, 4.69) is 4.98 Å². The molecule has 0 saturated carbocycles. The zero-order valence-corrected chi connectivity index (χ0v) is 9.93. The fraction of sp³-hybridized carbons (Fsp3) is 0.333. The minimum atomic E-state index is -1.13. The van der Waals surface area contributed by atoms with Crippen LogP contribution in [0.4, 0.5) is 0 Å². The van der Waals surface area contributed by atoms with Crippen molar-refractivity contribution in [1.29, 1.82) is 0 Å². The Morgan fingerprint density at radius 3 is 2.61 bits per heavy atom. The van der Waals surface area contributed by atoms with Crippen molar-refractivity contribution in [1.82, 2.24) is 4.98 Å². The van der Waals surface area contributed by atoms with Gasteiger partial charge in [0.1, 0.15) is 5.92 Å². The molecular weight excluding hydrogens is 238 g/mol. The lowest BCUT2D eigenvalue weighted by atomic mass is 10.0. The number of nitrogens with zero attached hydrogens (tertiary/aromatic N) is 1. The maximum Gasteiger partial charge on any atom is 0.381 e. The molecule has 0 N–H and O–H groups in total.